The van der Waals surface area contributed by atoms with Gasteiger partial charge in [-0.05, 0) is 37.6 Å². The van der Waals surface area contributed by atoms with Gasteiger partial charge in [0.05, 0.1) is 5.56 Å². The van der Waals surface area contributed by atoms with Gasteiger partial charge in [0.2, 0.25) is 0 Å². The summed E-state index contributed by atoms with van der Waals surface area (Å²) in [5.41, 5.74) is 2.63. The van der Waals surface area contributed by atoms with Crippen LogP contribution in [-0.2, 0) is 6.54 Å². The van der Waals surface area contributed by atoms with Crippen LogP contribution in [0.1, 0.15) is 27.3 Å². The number of halogens is 3. The maximum atomic E-state index is 12.2. The Balaban J connectivity index is 2.01. The van der Waals surface area contributed by atoms with Gasteiger partial charge in [0.1, 0.15) is 5.75 Å². The van der Waals surface area contributed by atoms with Gasteiger partial charge >= 0.3 is 6.36 Å². The molecule has 0 atom stereocenters. The lowest BCUT2D eigenvalue weighted by atomic mass is 10.2. The number of amides is 1. The predicted molar refractivity (Wildman–Crippen MR) is 74.6 cm³/mol. The van der Waals surface area contributed by atoms with E-state index in [9.17, 15) is 18.0 Å². The second-order valence-corrected chi connectivity index (χ2v) is 4.87. The van der Waals surface area contributed by atoms with Crippen LogP contribution >= 0.6 is 0 Å². The summed E-state index contributed by atoms with van der Waals surface area (Å²) in [4.78, 5) is 15.0. The van der Waals surface area contributed by atoms with Gasteiger partial charge < -0.3 is 15.0 Å². The minimum Gasteiger partial charge on any atom is -0.406 e. The van der Waals surface area contributed by atoms with Gasteiger partial charge in [-0.1, -0.05) is 12.1 Å². The fourth-order valence-electron chi connectivity index (χ4n) is 2.09. The third-order valence-electron chi connectivity index (χ3n) is 2.98. The van der Waals surface area contributed by atoms with Crippen molar-refractivity contribution in [2.24, 2.45) is 0 Å². The summed E-state index contributed by atoms with van der Waals surface area (Å²) in [6.45, 7) is 3.72. The van der Waals surface area contributed by atoms with Crippen LogP contribution in [0, 0.1) is 13.8 Å². The van der Waals surface area contributed by atoms with Crippen LogP contribution in [0.15, 0.2) is 30.3 Å². The fourth-order valence-corrected chi connectivity index (χ4v) is 2.09. The van der Waals surface area contributed by atoms with Gasteiger partial charge in [0.25, 0.3) is 5.91 Å². The Kier molecular flexibility index (Phi) is 4.44. The van der Waals surface area contributed by atoms with Crippen LogP contribution in [0.2, 0.25) is 0 Å². The summed E-state index contributed by atoms with van der Waals surface area (Å²) >= 11 is 0. The van der Waals surface area contributed by atoms with Crippen molar-refractivity contribution in [3.63, 3.8) is 0 Å². The number of ether oxygens (including phenoxy) is 1. The van der Waals surface area contributed by atoms with E-state index in [4.69, 9.17) is 0 Å². The molecule has 1 amide bonds. The van der Waals surface area contributed by atoms with Crippen molar-refractivity contribution in [2.75, 3.05) is 0 Å². The largest absolute Gasteiger partial charge is 0.573 e. The number of carbonyl (C=O) groups is 1. The Morgan fingerprint density at radius 1 is 1.27 bits per heavy atom. The normalized spacial score (nSPS) is 11.3. The van der Waals surface area contributed by atoms with E-state index in [0.29, 0.717) is 11.1 Å². The van der Waals surface area contributed by atoms with Crippen molar-refractivity contribution in [3.8, 4) is 5.75 Å². The number of nitrogens with one attached hydrogen (secondary N) is 2. The van der Waals surface area contributed by atoms with Crippen LogP contribution in [0.3, 0.4) is 0 Å². The predicted octanol–water partition coefficient (Wildman–Crippen LogP) is 3.46. The third kappa shape index (κ3) is 4.28. The summed E-state index contributed by atoms with van der Waals surface area (Å²) in [7, 11) is 0. The van der Waals surface area contributed by atoms with E-state index >= 15 is 0 Å². The number of carbonyl (C=O) groups excluding carboxylic acids is 1. The highest BCUT2D eigenvalue weighted by Gasteiger charge is 2.31. The Morgan fingerprint density at radius 2 is 2.00 bits per heavy atom. The van der Waals surface area contributed by atoms with Crippen molar-refractivity contribution in [1.29, 1.82) is 0 Å². The molecule has 0 radical (unpaired) electrons. The second kappa shape index (κ2) is 6.13. The molecular formula is C15H15F3N2O2. The Labute approximate surface area is 125 Å². The standard InChI is InChI=1S/C15H15F3N2O2/c1-9-6-13(10(2)20-9)14(21)19-8-11-4-3-5-12(7-11)22-15(16,17)18/h3-7,20H,8H2,1-2H3,(H,19,21). The molecule has 2 N–H and O–H groups in total. The van der Waals surface area contributed by atoms with Crippen molar-refractivity contribution in [1.82, 2.24) is 10.3 Å². The Morgan fingerprint density at radius 3 is 2.59 bits per heavy atom. The van der Waals surface area contributed by atoms with E-state index in [1.54, 1.807) is 19.1 Å². The van der Waals surface area contributed by atoms with Crippen molar-refractivity contribution >= 4 is 5.91 Å². The van der Waals surface area contributed by atoms with E-state index in [0.717, 1.165) is 11.4 Å². The number of hydrogen-bond acceptors (Lipinski definition) is 2. The molecule has 0 bridgehead atoms. The molecule has 7 heteroatoms. The minimum atomic E-state index is -4.73. The second-order valence-electron chi connectivity index (χ2n) is 4.87. The third-order valence-corrected chi connectivity index (χ3v) is 2.98. The average molecular weight is 312 g/mol. The van der Waals surface area contributed by atoms with Crippen molar-refractivity contribution < 1.29 is 22.7 Å². The number of rotatable bonds is 4. The summed E-state index contributed by atoms with van der Waals surface area (Å²) < 4.78 is 40.3. The molecule has 2 rings (SSSR count). The SMILES string of the molecule is Cc1cc(C(=O)NCc2cccc(OC(F)(F)F)c2)c(C)[nH]1. The monoisotopic (exact) mass is 312 g/mol. The number of aryl methyl sites for hydroxylation is 2. The summed E-state index contributed by atoms with van der Waals surface area (Å²) in [6.07, 6.45) is -4.73. The average Bonchev–Trinajstić information content (AvgIpc) is 2.73. The molecule has 4 nitrogen and oxygen atoms in total. The molecule has 0 saturated heterocycles. The molecule has 0 saturated carbocycles. The maximum Gasteiger partial charge on any atom is 0.573 e. The quantitative estimate of drug-likeness (QED) is 0.908. The zero-order valence-corrected chi connectivity index (χ0v) is 12.0. The number of aromatic amines is 1. The van der Waals surface area contributed by atoms with Gasteiger partial charge in [-0.25, -0.2) is 0 Å². The molecule has 0 aliphatic heterocycles. The summed E-state index contributed by atoms with van der Waals surface area (Å²) in [5.74, 6) is -0.600. The molecule has 1 heterocycles. The first-order chi connectivity index (χ1) is 10.2. The number of H-pyrrole nitrogens is 1. The molecule has 0 fully saturated rings. The van der Waals surface area contributed by atoms with Gasteiger partial charge in [-0.15, -0.1) is 13.2 Å². The highest BCUT2D eigenvalue weighted by Crippen LogP contribution is 2.23. The minimum absolute atomic E-state index is 0.109. The first-order valence-corrected chi connectivity index (χ1v) is 6.54. The Hall–Kier alpha value is -2.44. The van der Waals surface area contributed by atoms with Crippen molar-refractivity contribution in [3.05, 3.63) is 52.8 Å². The van der Waals surface area contributed by atoms with Gasteiger partial charge in [0, 0.05) is 17.9 Å². The molecule has 1 aromatic heterocycles. The molecule has 1 aromatic carbocycles. The zero-order chi connectivity index (χ0) is 16.3. The number of aromatic nitrogens is 1. The lowest BCUT2D eigenvalue weighted by Crippen LogP contribution is -2.23. The van der Waals surface area contributed by atoms with Crippen LogP contribution in [0.4, 0.5) is 13.2 Å². The topological polar surface area (TPSA) is 54.1 Å². The van der Waals surface area contributed by atoms with Crippen LogP contribution in [-0.4, -0.2) is 17.3 Å². The van der Waals surface area contributed by atoms with Gasteiger partial charge in [-0.2, -0.15) is 0 Å². The van der Waals surface area contributed by atoms with E-state index in [-0.39, 0.29) is 18.2 Å². The smallest absolute Gasteiger partial charge is 0.406 e. The first-order valence-electron chi connectivity index (χ1n) is 6.54. The van der Waals surface area contributed by atoms with E-state index in [1.807, 2.05) is 6.92 Å². The molecule has 22 heavy (non-hydrogen) atoms. The highest BCUT2D eigenvalue weighted by molar-refractivity contribution is 5.95. The molecular weight excluding hydrogens is 297 g/mol. The van der Waals surface area contributed by atoms with Gasteiger partial charge in [0.15, 0.2) is 0 Å². The van der Waals surface area contributed by atoms with E-state index in [1.165, 1.54) is 18.2 Å². The fraction of sp³-hybridized carbons (Fsp3) is 0.267. The summed E-state index contributed by atoms with van der Waals surface area (Å²) in [6, 6.07) is 7.21. The lowest BCUT2D eigenvalue weighted by molar-refractivity contribution is -0.274. The van der Waals surface area contributed by atoms with Crippen molar-refractivity contribution in [2.45, 2.75) is 26.8 Å². The zero-order valence-electron chi connectivity index (χ0n) is 12.0. The number of benzene rings is 1. The Bertz CT molecular complexity index is 678. The molecule has 0 unspecified atom stereocenters. The molecule has 118 valence electrons. The van der Waals surface area contributed by atoms with Gasteiger partial charge in [-0.3, -0.25) is 4.79 Å². The summed E-state index contributed by atoms with van der Waals surface area (Å²) in [5, 5.41) is 2.66. The molecule has 2 aromatic rings. The number of alkyl halides is 3. The molecule has 0 aliphatic rings. The maximum absolute atomic E-state index is 12.2. The lowest BCUT2D eigenvalue weighted by Gasteiger charge is -2.10. The van der Waals surface area contributed by atoms with Crippen LogP contribution < -0.4 is 10.1 Å². The molecule has 0 spiro atoms. The van der Waals surface area contributed by atoms with E-state index in [2.05, 4.69) is 15.0 Å². The van der Waals surface area contributed by atoms with Crippen LogP contribution in [0.25, 0.3) is 0 Å². The number of hydrogen-bond donors (Lipinski definition) is 2. The molecule has 0 aliphatic carbocycles. The van der Waals surface area contributed by atoms with E-state index < -0.39 is 6.36 Å². The first kappa shape index (κ1) is 15.9. The highest BCUT2D eigenvalue weighted by atomic mass is 19.4. The van der Waals surface area contributed by atoms with Crippen LogP contribution in [0.5, 0.6) is 5.75 Å².